The molecule has 1 atom stereocenters. The number of methoxy groups -OCH3 is 1. The van der Waals surface area contributed by atoms with Gasteiger partial charge in [0.2, 0.25) is 5.91 Å². The fraction of sp³-hybridized carbons (Fsp3) is 0.556. The second-order valence-corrected chi connectivity index (χ2v) is 6.59. The van der Waals surface area contributed by atoms with E-state index in [0.717, 1.165) is 12.8 Å². The molecule has 5 nitrogen and oxygen atoms in total. The number of nitrogens with one attached hydrogen (secondary N) is 1. The van der Waals surface area contributed by atoms with Crippen LogP contribution in [0, 0.1) is 5.82 Å². The van der Waals surface area contributed by atoms with Gasteiger partial charge in [-0.3, -0.25) is 9.59 Å². The average Bonchev–Trinajstić information content (AvgIpc) is 3.35. The molecule has 1 saturated carbocycles. The number of rotatable bonds is 5. The third-order valence-electron chi connectivity index (χ3n) is 4.87. The number of halogens is 1. The van der Waals surface area contributed by atoms with Gasteiger partial charge < -0.3 is 15.0 Å². The summed E-state index contributed by atoms with van der Waals surface area (Å²) in [5.74, 6) is -0.692. The first-order chi connectivity index (χ1) is 11.6. The molecule has 0 spiro atoms. The molecule has 1 N–H and O–H groups in total. The summed E-state index contributed by atoms with van der Waals surface area (Å²) in [5.41, 5.74) is -0.0897. The van der Waals surface area contributed by atoms with Gasteiger partial charge in [0.25, 0.3) is 5.91 Å². The summed E-state index contributed by atoms with van der Waals surface area (Å²) in [6.07, 6.45) is 3.41. The zero-order valence-electron chi connectivity index (χ0n) is 13.9. The van der Waals surface area contributed by atoms with E-state index in [4.69, 9.17) is 4.74 Å². The van der Waals surface area contributed by atoms with Crippen LogP contribution in [0.1, 0.15) is 37.7 Å². The lowest BCUT2D eigenvalue weighted by molar-refractivity contribution is -0.144. The predicted octanol–water partition coefficient (Wildman–Crippen LogP) is 1.96. The quantitative estimate of drug-likeness (QED) is 0.895. The summed E-state index contributed by atoms with van der Waals surface area (Å²) >= 11 is 0. The Bertz CT molecular complexity index is 630. The highest BCUT2D eigenvalue weighted by Crippen LogP contribution is 2.46. The van der Waals surface area contributed by atoms with Gasteiger partial charge in [0, 0.05) is 19.2 Å². The highest BCUT2D eigenvalue weighted by Gasteiger charge is 2.47. The topological polar surface area (TPSA) is 58.6 Å². The average molecular weight is 334 g/mol. The third-order valence-corrected chi connectivity index (χ3v) is 4.87. The first-order valence-electron chi connectivity index (χ1n) is 8.43. The summed E-state index contributed by atoms with van der Waals surface area (Å²) in [6, 6.07) is 6.52. The van der Waals surface area contributed by atoms with Gasteiger partial charge in [0.1, 0.15) is 11.9 Å². The van der Waals surface area contributed by atoms with E-state index < -0.39 is 11.6 Å². The highest BCUT2D eigenvalue weighted by molar-refractivity contribution is 5.87. The van der Waals surface area contributed by atoms with Crippen molar-refractivity contribution in [1.82, 2.24) is 10.2 Å². The second kappa shape index (κ2) is 6.89. The van der Waals surface area contributed by atoms with E-state index in [-0.39, 0.29) is 24.2 Å². The molecule has 0 radical (unpaired) electrons. The van der Waals surface area contributed by atoms with Gasteiger partial charge in [0.15, 0.2) is 0 Å². The second-order valence-electron chi connectivity index (χ2n) is 6.59. The molecule has 1 aliphatic carbocycles. The van der Waals surface area contributed by atoms with E-state index in [1.54, 1.807) is 23.1 Å². The standard InChI is InChI=1S/C18H23FN2O3/c1-24-15-8-4-5-11-21(17(15)23)12-16(22)20-18(9-10-18)13-6-2-3-7-14(13)19/h2-3,6-7,15H,4-5,8-12H2,1H3,(H,20,22). The maximum atomic E-state index is 14.0. The number of amides is 2. The van der Waals surface area contributed by atoms with Crippen molar-refractivity contribution < 1.29 is 18.7 Å². The Labute approximate surface area is 141 Å². The summed E-state index contributed by atoms with van der Waals surface area (Å²) in [5, 5.41) is 2.93. The van der Waals surface area contributed by atoms with Crippen LogP contribution in [0.15, 0.2) is 24.3 Å². The van der Waals surface area contributed by atoms with Gasteiger partial charge in [-0.25, -0.2) is 4.39 Å². The van der Waals surface area contributed by atoms with Crippen LogP contribution in [0.25, 0.3) is 0 Å². The molecule has 2 fully saturated rings. The van der Waals surface area contributed by atoms with Crippen LogP contribution in [0.5, 0.6) is 0 Å². The van der Waals surface area contributed by atoms with Crippen LogP contribution in [0.2, 0.25) is 0 Å². The van der Waals surface area contributed by atoms with Crippen molar-refractivity contribution >= 4 is 11.8 Å². The van der Waals surface area contributed by atoms with Crippen molar-refractivity contribution in [3.63, 3.8) is 0 Å². The Morgan fingerprint density at radius 3 is 2.79 bits per heavy atom. The summed E-state index contributed by atoms with van der Waals surface area (Å²) < 4.78 is 19.2. The molecule has 1 aromatic rings. The molecule has 1 aliphatic heterocycles. The van der Waals surface area contributed by atoms with Gasteiger partial charge in [-0.1, -0.05) is 18.2 Å². The van der Waals surface area contributed by atoms with Crippen molar-refractivity contribution in [2.24, 2.45) is 0 Å². The van der Waals surface area contributed by atoms with Gasteiger partial charge in [-0.2, -0.15) is 0 Å². The lowest BCUT2D eigenvalue weighted by Gasteiger charge is -2.25. The van der Waals surface area contributed by atoms with Crippen molar-refractivity contribution in [2.75, 3.05) is 20.2 Å². The summed E-state index contributed by atoms with van der Waals surface area (Å²) in [7, 11) is 1.52. The maximum Gasteiger partial charge on any atom is 0.252 e. The Balaban J connectivity index is 1.65. The SMILES string of the molecule is COC1CCCCN(CC(=O)NC2(c3ccccc3F)CC2)C1=O. The highest BCUT2D eigenvalue weighted by atomic mass is 19.1. The molecule has 130 valence electrons. The Hall–Kier alpha value is -1.95. The number of hydrogen-bond acceptors (Lipinski definition) is 3. The summed E-state index contributed by atoms with van der Waals surface area (Å²) in [6.45, 7) is 0.549. The molecule has 3 rings (SSSR count). The molecule has 24 heavy (non-hydrogen) atoms. The zero-order chi connectivity index (χ0) is 17.2. The van der Waals surface area contributed by atoms with Crippen LogP contribution >= 0.6 is 0 Å². The minimum Gasteiger partial charge on any atom is -0.372 e. The molecule has 1 heterocycles. The van der Waals surface area contributed by atoms with Crippen molar-refractivity contribution in [3.05, 3.63) is 35.6 Å². The molecule has 2 aliphatic rings. The molecule has 1 aromatic carbocycles. The molecule has 0 aromatic heterocycles. The normalized spacial score (nSPS) is 22.8. The molecule has 1 saturated heterocycles. The fourth-order valence-corrected chi connectivity index (χ4v) is 3.36. The number of nitrogens with zero attached hydrogens (tertiary/aromatic N) is 1. The zero-order valence-corrected chi connectivity index (χ0v) is 13.9. The number of ether oxygens (including phenoxy) is 1. The lowest BCUT2D eigenvalue weighted by Crippen LogP contribution is -2.47. The molecule has 1 unspecified atom stereocenters. The van der Waals surface area contributed by atoms with Crippen LogP contribution in [-0.2, 0) is 19.9 Å². The van der Waals surface area contributed by atoms with Gasteiger partial charge >= 0.3 is 0 Å². The van der Waals surface area contributed by atoms with E-state index in [9.17, 15) is 14.0 Å². The third kappa shape index (κ3) is 3.43. The number of likely N-dealkylation sites (tertiary alicyclic amines) is 1. The minimum atomic E-state index is -0.613. The van der Waals surface area contributed by atoms with E-state index >= 15 is 0 Å². The number of carbonyl (C=O) groups is 2. The largest absolute Gasteiger partial charge is 0.372 e. The van der Waals surface area contributed by atoms with Crippen molar-refractivity contribution in [3.8, 4) is 0 Å². The summed E-state index contributed by atoms with van der Waals surface area (Å²) in [4.78, 5) is 26.4. The van der Waals surface area contributed by atoms with E-state index in [1.165, 1.54) is 13.2 Å². The molecule has 6 heteroatoms. The van der Waals surface area contributed by atoms with Gasteiger partial charge in [-0.15, -0.1) is 0 Å². The first kappa shape index (κ1) is 16.9. The Kier molecular flexibility index (Phi) is 4.85. The first-order valence-corrected chi connectivity index (χ1v) is 8.43. The minimum absolute atomic E-state index is 0.00506. The van der Waals surface area contributed by atoms with Crippen molar-refractivity contribution in [2.45, 2.75) is 43.7 Å². The Morgan fingerprint density at radius 1 is 1.38 bits per heavy atom. The van der Waals surface area contributed by atoms with Crippen LogP contribution in [0.4, 0.5) is 4.39 Å². The molecule has 2 amide bonds. The predicted molar refractivity (Wildman–Crippen MR) is 86.7 cm³/mol. The van der Waals surface area contributed by atoms with E-state index in [2.05, 4.69) is 5.32 Å². The van der Waals surface area contributed by atoms with E-state index in [0.29, 0.717) is 31.4 Å². The molecule has 0 bridgehead atoms. The lowest BCUT2D eigenvalue weighted by atomic mass is 10.0. The fourth-order valence-electron chi connectivity index (χ4n) is 3.36. The molecular weight excluding hydrogens is 311 g/mol. The van der Waals surface area contributed by atoms with E-state index in [1.807, 2.05) is 0 Å². The smallest absolute Gasteiger partial charge is 0.252 e. The van der Waals surface area contributed by atoms with Crippen LogP contribution < -0.4 is 5.32 Å². The maximum absolute atomic E-state index is 14.0. The number of benzene rings is 1. The molecular formula is C18H23FN2O3. The van der Waals surface area contributed by atoms with Gasteiger partial charge in [0.05, 0.1) is 12.1 Å². The van der Waals surface area contributed by atoms with Gasteiger partial charge in [-0.05, 0) is 38.2 Å². The van der Waals surface area contributed by atoms with Crippen LogP contribution in [-0.4, -0.2) is 43.0 Å². The Morgan fingerprint density at radius 2 is 2.12 bits per heavy atom. The van der Waals surface area contributed by atoms with Crippen LogP contribution in [0.3, 0.4) is 0 Å². The number of hydrogen-bond donors (Lipinski definition) is 1. The monoisotopic (exact) mass is 334 g/mol. The van der Waals surface area contributed by atoms with Crippen molar-refractivity contribution in [1.29, 1.82) is 0 Å². The number of carbonyl (C=O) groups excluding carboxylic acids is 2.